The van der Waals surface area contributed by atoms with Crippen LogP contribution in [0.1, 0.15) is 11.1 Å². The molecule has 0 aromatic heterocycles. The fourth-order valence-corrected chi connectivity index (χ4v) is 3.33. The lowest BCUT2D eigenvalue weighted by Gasteiger charge is -2.10. The maximum Gasteiger partial charge on any atom is 0.416 e. The molecule has 3 aromatic rings. The second kappa shape index (κ2) is 8.73. The molecular formula is C22H16F3NS. The smallest absolute Gasteiger partial charge is 0.257 e. The molecule has 0 unspecified atom stereocenters. The van der Waals surface area contributed by atoms with E-state index in [2.05, 4.69) is 4.99 Å². The Bertz CT molecular complexity index is 933. The first-order chi connectivity index (χ1) is 13.0. The van der Waals surface area contributed by atoms with E-state index in [9.17, 15) is 13.2 Å². The molecule has 0 saturated heterocycles. The van der Waals surface area contributed by atoms with Gasteiger partial charge in [-0.05, 0) is 42.0 Å². The van der Waals surface area contributed by atoms with Crippen molar-refractivity contribution in [1.29, 1.82) is 0 Å². The number of allylic oxidation sites excluding steroid dienone is 1. The van der Waals surface area contributed by atoms with Crippen molar-refractivity contribution in [3.8, 4) is 0 Å². The third-order valence-electron chi connectivity index (χ3n) is 3.65. The van der Waals surface area contributed by atoms with E-state index < -0.39 is 11.7 Å². The number of hydrogen-bond acceptors (Lipinski definition) is 2. The number of hydrogen-bond donors (Lipinski definition) is 0. The van der Waals surface area contributed by atoms with Crippen LogP contribution >= 0.6 is 11.8 Å². The second-order valence-corrected chi connectivity index (χ2v) is 6.75. The van der Waals surface area contributed by atoms with Crippen LogP contribution in [0.3, 0.4) is 0 Å². The van der Waals surface area contributed by atoms with E-state index in [1.165, 1.54) is 17.8 Å². The van der Waals surface area contributed by atoms with E-state index in [4.69, 9.17) is 0 Å². The SMILES string of the molecule is FC(F)(F)c1cccc(S/C(=C/C=Nc2ccccc2)c2ccccc2)c1. The molecule has 0 aliphatic rings. The Labute approximate surface area is 160 Å². The van der Waals surface area contributed by atoms with Crippen LogP contribution in [-0.2, 0) is 6.18 Å². The number of rotatable bonds is 5. The zero-order valence-electron chi connectivity index (χ0n) is 14.2. The molecule has 136 valence electrons. The summed E-state index contributed by atoms with van der Waals surface area (Å²) >= 11 is 1.28. The molecule has 0 aliphatic carbocycles. The van der Waals surface area contributed by atoms with Gasteiger partial charge < -0.3 is 0 Å². The average Bonchev–Trinajstić information content (AvgIpc) is 2.68. The van der Waals surface area contributed by atoms with Gasteiger partial charge in [0.2, 0.25) is 0 Å². The molecule has 27 heavy (non-hydrogen) atoms. The molecule has 0 spiro atoms. The molecule has 0 amide bonds. The number of aliphatic imine (C=N–C) groups is 1. The second-order valence-electron chi connectivity index (χ2n) is 5.64. The van der Waals surface area contributed by atoms with Crippen LogP contribution in [0.5, 0.6) is 0 Å². The van der Waals surface area contributed by atoms with Crippen molar-refractivity contribution in [2.75, 3.05) is 0 Å². The highest BCUT2D eigenvalue weighted by Crippen LogP contribution is 2.37. The normalized spacial score (nSPS) is 12.5. The first-order valence-corrected chi connectivity index (χ1v) is 9.04. The van der Waals surface area contributed by atoms with Gasteiger partial charge in [-0.2, -0.15) is 13.2 Å². The minimum absolute atomic E-state index is 0.521. The summed E-state index contributed by atoms with van der Waals surface area (Å²) in [5, 5.41) is 0. The van der Waals surface area contributed by atoms with Crippen LogP contribution in [-0.4, -0.2) is 6.21 Å². The molecule has 0 bridgehead atoms. The largest absolute Gasteiger partial charge is 0.416 e. The molecule has 0 radical (unpaired) electrons. The summed E-state index contributed by atoms with van der Waals surface area (Å²) in [7, 11) is 0. The van der Waals surface area contributed by atoms with Crippen molar-refractivity contribution in [2.45, 2.75) is 11.1 Å². The lowest BCUT2D eigenvalue weighted by atomic mass is 10.2. The summed E-state index contributed by atoms with van der Waals surface area (Å²) in [6.07, 6.45) is -0.881. The van der Waals surface area contributed by atoms with E-state index in [0.29, 0.717) is 4.90 Å². The number of para-hydroxylation sites is 1. The topological polar surface area (TPSA) is 12.4 Å². The summed E-state index contributed by atoms with van der Waals surface area (Å²) in [4.78, 5) is 5.71. The van der Waals surface area contributed by atoms with Crippen LogP contribution in [0.15, 0.2) is 101 Å². The van der Waals surface area contributed by atoms with Gasteiger partial charge in [0.1, 0.15) is 0 Å². The Balaban J connectivity index is 1.89. The van der Waals surface area contributed by atoms with Crippen LogP contribution in [0.25, 0.3) is 4.91 Å². The zero-order chi connectivity index (χ0) is 19.1. The van der Waals surface area contributed by atoms with Crippen molar-refractivity contribution in [3.63, 3.8) is 0 Å². The van der Waals surface area contributed by atoms with Gasteiger partial charge in [0, 0.05) is 16.0 Å². The molecule has 0 N–H and O–H groups in total. The van der Waals surface area contributed by atoms with Crippen LogP contribution < -0.4 is 0 Å². The molecule has 3 rings (SSSR count). The molecular weight excluding hydrogens is 367 g/mol. The predicted molar refractivity (Wildman–Crippen MR) is 106 cm³/mol. The molecule has 0 saturated carbocycles. The monoisotopic (exact) mass is 383 g/mol. The molecule has 0 fully saturated rings. The van der Waals surface area contributed by atoms with Crippen molar-refractivity contribution in [1.82, 2.24) is 0 Å². The standard InChI is InChI=1S/C22H16F3NS/c23-22(24,25)18-10-7-13-20(16-18)27-21(17-8-3-1-4-9-17)14-15-26-19-11-5-2-6-12-19/h1-16H/b21-14+,26-15?. The molecule has 5 heteroatoms. The van der Waals surface area contributed by atoms with Gasteiger partial charge in [-0.1, -0.05) is 66.4 Å². The van der Waals surface area contributed by atoms with Gasteiger partial charge in [0.25, 0.3) is 0 Å². The van der Waals surface area contributed by atoms with Crippen molar-refractivity contribution in [2.24, 2.45) is 4.99 Å². The zero-order valence-corrected chi connectivity index (χ0v) is 15.0. The maximum atomic E-state index is 13.0. The van der Waals surface area contributed by atoms with E-state index in [0.717, 1.165) is 28.3 Å². The molecule has 3 aromatic carbocycles. The number of alkyl halides is 3. The highest BCUT2D eigenvalue weighted by molar-refractivity contribution is 8.08. The minimum atomic E-state index is -4.36. The quantitative estimate of drug-likeness (QED) is 0.334. The van der Waals surface area contributed by atoms with Gasteiger partial charge in [0.15, 0.2) is 0 Å². The minimum Gasteiger partial charge on any atom is -0.257 e. The van der Waals surface area contributed by atoms with Gasteiger partial charge >= 0.3 is 6.18 Å². The third kappa shape index (κ3) is 5.59. The average molecular weight is 383 g/mol. The summed E-state index contributed by atoms with van der Waals surface area (Å²) < 4.78 is 38.9. The van der Waals surface area contributed by atoms with Crippen molar-refractivity contribution >= 4 is 28.6 Å². The predicted octanol–water partition coefficient (Wildman–Crippen LogP) is 7.24. The Morgan fingerprint density at radius 1 is 0.815 bits per heavy atom. The van der Waals surface area contributed by atoms with Gasteiger partial charge in [-0.25, -0.2) is 0 Å². The highest BCUT2D eigenvalue weighted by Gasteiger charge is 2.30. The molecule has 0 atom stereocenters. The molecule has 0 aliphatic heterocycles. The fourth-order valence-electron chi connectivity index (χ4n) is 2.36. The summed E-state index contributed by atoms with van der Waals surface area (Å²) in [6.45, 7) is 0. The van der Waals surface area contributed by atoms with Gasteiger partial charge in [-0.15, -0.1) is 0 Å². The van der Waals surface area contributed by atoms with Crippen LogP contribution in [0.4, 0.5) is 18.9 Å². The Morgan fingerprint density at radius 3 is 2.15 bits per heavy atom. The van der Waals surface area contributed by atoms with Crippen LogP contribution in [0.2, 0.25) is 0 Å². The van der Waals surface area contributed by atoms with Gasteiger partial charge in [0.05, 0.1) is 11.3 Å². The van der Waals surface area contributed by atoms with Crippen molar-refractivity contribution in [3.05, 3.63) is 102 Å². The Morgan fingerprint density at radius 2 is 1.48 bits per heavy atom. The molecule has 0 heterocycles. The fraction of sp³-hybridized carbons (Fsp3) is 0.0455. The number of thioether (sulfide) groups is 1. The summed E-state index contributed by atoms with van der Waals surface area (Å²) in [6, 6.07) is 24.3. The number of halogens is 3. The summed E-state index contributed by atoms with van der Waals surface area (Å²) in [5.74, 6) is 0. The third-order valence-corrected chi connectivity index (χ3v) is 4.73. The maximum absolute atomic E-state index is 13.0. The van der Waals surface area contributed by atoms with Gasteiger partial charge in [-0.3, -0.25) is 4.99 Å². The molecule has 1 nitrogen and oxygen atoms in total. The highest BCUT2D eigenvalue weighted by atomic mass is 32.2. The van der Waals surface area contributed by atoms with Crippen molar-refractivity contribution < 1.29 is 13.2 Å². The van der Waals surface area contributed by atoms with E-state index in [1.807, 2.05) is 66.7 Å². The lowest BCUT2D eigenvalue weighted by Crippen LogP contribution is -2.04. The Hall–Kier alpha value is -2.79. The Kier molecular flexibility index (Phi) is 6.14. The summed E-state index contributed by atoms with van der Waals surface area (Å²) in [5.41, 5.74) is 1.07. The van der Waals surface area contributed by atoms with E-state index in [1.54, 1.807) is 12.3 Å². The van der Waals surface area contributed by atoms with E-state index >= 15 is 0 Å². The first kappa shape index (κ1) is 19.0. The number of nitrogens with zero attached hydrogens (tertiary/aromatic N) is 1. The lowest BCUT2D eigenvalue weighted by molar-refractivity contribution is -0.137. The van der Waals surface area contributed by atoms with Crippen LogP contribution in [0, 0.1) is 0 Å². The number of benzene rings is 3. The first-order valence-electron chi connectivity index (χ1n) is 8.22. The van der Waals surface area contributed by atoms with E-state index in [-0.39, 0.29) is 0 Å².